The number of likely N-dealkylation sites (tertiary alicyclic amines) is 1. The summed E-state index contributed by atoms with van der Waals surface area (Å²) in [7, 11) is 2.74. The molecule has 1 aliphatic heterocycles. The van der Waals surface area contributed by atoms with Crippen LogP contribution >= 0.6 is 0 Å². The molecule has 0 saturated carbocycles. The van der Waals surface area contributed by atoms with Crippen molar-refractivity contribution >= 4 is 29.3 Å². The van der Waals surface area contributed by atoms with Gasteiger partial charge in [-0.3, -0.25) is 14.4 Å². The van der Waals surface area contributed by atoms with Gasteiger partial charge in [0.1, 0.15) is 29.0 Å². The lowest BCUT2D eigenvalue weighted by molar-refractivity contribution is -0.155. The minimum absolute atomic E-state index is 0.00220. The molecule has 12 heteroatoms. The van der Waals surface area contributed by atoms with Crippen molar-refractivity contribution in [2.45, 2.75) is 44.8 Å². The van der Waals surface area contributed by atoms with Crippen LogP contribution in [-0.2, 0) is 27.4 Å². The van der Waals surface area contributed by atoms with Gasteiger partial charge in [-0.1, -0.05) is 0 Å². The number of methoxy groups -OCH3 is 2. The Labute approximate surface area is 260 Å². The maximum atomic E-state index is 13.3. The quantitative estimate of drug-likeness (QED) is 0.0771. The first-order chi connectivity index (χ1) is 21.7. The first-order valence-corrected chi connectivity index (χ1v) is 14.5. The molecule has 1 saturated heterocycles. The fourth-order valence-corrected chi connectivity index (χ4v) is 5.15. The van der Waals surface area contributed by atoms with Crippen LogP contribution < -0.4 is 14.8 Å². The summed E-state index contributed by atoms with van der Waals surface area (Å²) in [5, 5.41) is 32.1. The zero-order valence-electron chi connectivity index (χ0n) is 25.1. The first kappa shape index (κ1) is 32.8. The summed E-state index contributed by atoms with van der Waals surface area (Å²) in [6, 6.07) is 12.2. The molecule has 0 bridgehead atoms. The van der Waals surface area contributed by atoms with Crippen molar-refractivity contribution in [3.05, 3.63) is 76.9 Å². The molecule has 4 rings (SSSR count). The molecule has 4 N–H and O–H groups in total. The number of carbonyl (C=O) groups is 4. The smallest absolute Gasteiger partial charge is 0.328 e. The van der Waals surface area contributed by atoms with Crippen LogP contribution in [0.1, 0.15) is 57.5 Å². The molecule has 1 atom stereocenters. The number of ketones is 1. The summed E-state index contributed by atoms with van der Waals surface area (Å²) in [4.78, 5) is 53.5. The van der Waals surface area contributed by atoms with Gasteiger partial charge >= 0.3 is 5.97 Å². The predicted octanol–water partition coefficient (Wildman–Crippen LogP) is 3.60. The minimum Gasteiger partial charge on any atom is -0.508 e. The number of aliphatic hydroxyl groups is 1. The molecule has 2 amide bonds. The predicted molar refractivity (Wildman–Crippen MR) is 163 cm³/mol. The van der Waals surface area contributed by atoms with E-state index < -0.39 is 36.2 Å². The van der Waals surface area contributed by atoms with Gasteiger partial charge in [0.2, 0.25) is 0 Å². The second kappa shape index (κ2) is 15.1. The molecule has 0 radical (unpaired) electrons. The second-order valence-electron chi connectivity index (χ2n) is 10.5. The molecule has 1 aliphatic rings. The molecule has 45 heavy (non-hydrogen) atoms. The number of nitrogens with zero attached hydrogens (tertiary/aromatic N) is 1. The van der Waals surface area contributed by atoms with E-state index in [1.165, 1.54) is 55.5 Å². The number of Topliss-reactive ketones (excluding diaryl/α,β-unsaturated/α-hetero) is 1. The molecule has 0 aromatic heterocycles. The number of hydrogen-bond donors (Lipinski definition) is 4. The van der Waals surface area contributed by atoms with E-state index in [4.69, 9.17) is 14.2 Å². The number of carbonyl (C=O) groups excluding carboxylic acids is 4. The van der Waals surface area contributed by atoms with Crippen molar-refractivity contribution in [2.24, 2.45) is 0 Å². The van der Waals surface area contributed by atoms with Crippen LogP contribution in [0.15, 0.2) is 54.6 Å². The molecular weight excluding hydrogens is 584 g/mol. The second-order valence-corrected chi connectivity index (χ2v) is 10.5. The highest BCUT2D eigenvalue weighted by Crippen LogP contribution is 2.31. The van der Waals surface area contributed by atoms with Crippen LogP contribution in [0.3, 0.4) is 0 Å². The van der Waals surface area contributed by atoms with Crippen LogP contribution in [-0.4, -0.2) is 77.2 Å². The summed E-state index contributed by atoms with van der Waals surface area (Å²) in [6.45, 7) is -0.192. The molecule has 3 aromatic rings. The fraction of sp³-hybridized carbons (Fsp3) is 0.333. The Morgan fingerprint density at radius 2 is 1.60 bits per heavy atom. The van der Waals surface area contributed by atoms with Gasteiger partial charge in [-0.05, 0) is 92.3 Å². The lowest BCUT2D eigenvalue weighted by Crippen LogP contribution is -2.51. The molecule has 0 aliphatic carbocycles. The number of esters is 1. The summed E-state index contributed by atoms with van der Waals surface area (Å²) in [6.07, 6.45) is 2.27. The molecule has 1 heterocycles. The number of phenolic OH excluding ortho intramolecular Hbond substituents is 2. The van der Waals surface area contributed by atoms with Crippen molar-refractivity contribution in [1.82, 2.24) is 4.90 Å². The Morgan fingerprint density at radius 3 is 2.24 bits per heavy atom. The summed E-state index contributed by atoms with van der Waals surface area (Å²) in [5.41, 5.74) is 1.64. The maximum absolute atomic E-state index is 13.3. The number of phenols is 2. The van der Waals surface area contributed by atoms with Gasteiger partial charge in [0.25, 0.3) is 17.6 Å². The van der Waals surface area contributed by atoms with E-state index in [1.54, 1.807) is 18.2 Å². The fourth-order valence-electron chi connectivity index (χ4n) is 5.15. The SMILES string of the molecule is COc1cc(C(=O)C(=O)N2CCCCC2C(=O)OCCCc2cc(C(=O)Nc3ccc(O)cc3)ccc2O)cc(OC)c1CO. The third kappa shape index (κ3) is 7.90. The van der Waals surface area contributed by atoms with E-state index in [9.17, 15) is 34.5 Å². The highest BCUT2D eigenvalue weighted by molar-refractivity contribution is 6.43. The number of nitrogens with one attached hydrogen (secondary N) is 1. The number of rotatable bonds is 12. The zero-order valence-corrected chi connectivity index (χ0v) is 25.1. The summed E-state index contributed by atoms with van der Waals surface area (Å²) < 4.78 is 16.0. The molecule has 1 unspecified atom stereocenters. The van der Waals surface area contributed by atoms with Crippen LogP contribution in [0.2, 0.25) is 0 Å². The van der Waals surface area contributed by atoms with E-state index in [0.717, 1.165) is 0 Å². The Morgan fingerprint density at radius 1 is 0.911 bits per heavy atom. The monoisotopic (exact) mass is 620 g/mol. The highest BCUT2D eigenvalue weighted by Gasteiger charge is 2.37. The number of hydrogen-bond acceptors (Lipinski definition) is 10. The number of aromatic hydroxyl groups is 2. The van der Waals surface area contributed by atoms with Crippen molar-refractivity contribution in [3.63, 3.8) is 0 Å². The van der Waals surface area contributed by atoms with Crippen molar-refractivity contribution < 1.29 is 48.7 Å². The average molecular weight is 621 g/mol. The molecule has 12 nitrogen and oxygen atoms in total. The third-order valence-corrected chi connectivity index (χ3v) is 7.56. The highest BCUT2D eigenvalue weighted by atomic mass is 16.5. The van der Waals surface area contributed by atoms with Crippen molar-refractivity contribution in [3.8, 4) is 23.0 Å². The Balaban J connectivity index is 1.35. The molecule has 0 spiro atoms. The normalized spacial score (nSPS) is 14.4. The topological polar surface area (TPSA) is 172 Å². The number of ether oxygens (including phenoxy) is 3. The van der Waals surface area contributed by atoms with Gasteiger partial charge in [-0.15, -0.1) is 0 Å². The van der Waals surface area contributed by atoms with Crippen molar-refractivity contribution in [1.29, 1.82) is 0 Å². The molecule has 1 fully saturated rings. The first-order valence-electron chi connectivity index (χ1n) is 14.5. The van der Waals surface area contributed by atoms with E-state index in [0.29, 0.717) is 54.5 Å². The van der Waals surface area contributed by atoms with Crippen molar-refractivity contribution in [2.75, 3.05) is 32.7 Å². The van der Waals surface area contributed by atoms with Gasteiger partial charge in [-0.2, -0.15) is 0 Å². The summed E-state index contributed by atoms with van der Waals surface area (Å²) >= 11 is 0. The lowest BCUT2D eigenvalue weighted by Gasteiger charge is -2.33. The van der Waals surface area contributed by atoms with Crippen LogP contribution in [0.25, 0.3) is 0 Å². The van der Waals surface area contributed by atoms with Gasteiger partial charge in [0, 0.05) is 23.4 Å². The Bertz CT molecular complexity index is 1530. The number of aryl methyl sites for hydroxylation is 1. The standard InChI is InChI=1S/C33H36N2O10/c1-43-28-17-22(18-29(44-2)25(28)19-36)30(39)32(41)35-14-4-3-7-26(35)33(42)45-15-5-6-20-16-21(8-13-27(20)38)31(40)34-23-9-11-24(37)12-10-23/h8-13,16-18,26,36-38H,3-7,14-15,19H2,1-2H3,(H,34,40). The van der Waals surface area contributed by atoms with Gasteiger partial charge in [0.05, 0.1) is 33.0 Å². The molecule has 3 aromatic carbocycles. The van der Waals surface area contributed by atoms with Gasteiger partial charge in [0.15, 0.2) is 0 Å². The number of benzene rings is 3. The van der Waals surface area contributed by atoms with Crippen LogP contribution in [0.5, 0.6) is 23.0 Å². The Kier molecular flexibility index (Phi) is 11.0. The van der Waals surface area contributed by atoms with Crippen LogP contribution in [0, 0.1) is 0 Å². The van der Waals surface area contributed by atoms with E-state index in [-0.39, 0.29) is 41.7 Å². The van der Waals surface area contributed by atoms with E-state index in [1.807, 2.05) is 0 Å². The number of piperidine rings is 1. The number of amides is 2. The van der Waals surface area contributed by atoms with Crippen LogP contribution in [0.4, 0.5) is 5.69 Å². The minimum atomic E-state index is -0.934. The van der Waals surface area contributed by atoms with Gasteiger partial charge in [-0.25, -0.2) is 4.79 Å². The zero-order chi connectivity index (χ0) is 32.5. The van der Waals surface area contributed by atoms with E-state index in [2.05, 4.69) is 5.32 Å². The maximum Gasteiger partial charge on any atom is 0.328 e. The molecule has 238 valence electrons. The number of aliphatic hydroxyl groups excluding tert-OH is 1. The van der Waals surface area contributed by atoms with Gasteiger partial charge < -0.3 is 39.7 Å². The number of anilines is 1. The largest absolute Gasteiger partial charge is 0.508 e. The molecular formula is C33H36N2O10. The summed E-state index contributed by atoms with van der Waals surface area (Å²) in [5.74, 6) is -2.28. The third-order valence-electron chi connectivity index (χ3n) is 7.56. The Hall–Kier alpha value is -5.10. The van der Waals surface area contributed by atoms with E-state index >= 15 is 0 Å². The lowest BCUT2D eigenvalue weighted by atomic mass is 9.99. The average Bonchev–Trinajstić information content (AvgIpc) is 3.06.